The highest BCUT2D eigenvalue weighted by molar-refractivity contribution is 4.80. The predicted molar refractivity (Wildman–Crippen MR) is 84.3 cm³/mol. The van der Waals surface area contributed by atoms with E-state index in [1.165, 1.54) is 12.8 Å². The average molecular weight is 286 g/mol. The third-order valence-electron chi connectivity index (χ3n) is 3.72. The van der Waals surface area contributed by atoms with Crippen LogP contribution in [0.25, 0.3) is 0 Å². The molecule has 0 aliphatic carbocycles. The van der Waals surface area contributed by atoms with E-state index >= 15 is 0 Å². The van der Waals surface area contributed by atoms with E-state index in [9.17, 15) is 0 Å². The molecule has 1 rings (SSSR count). The van der Waals surface area contributed by atoms with E-state index in [-0.39, 0.29) is 5.54 Å². The van der Waals surface area contributed by atoms with Crippen LogP contribution < -0.4 is 5.32 Å². The van der Waals surface area contributed by atoms with E-state index < -0.39 is 0 Å². The van der Waals surface area contributed by atoms with Crippen molar-refractivity contribution >= 4 is 0 Å². The molecule has 0 amide bonds. The van der Waals surface area contributed by atoms with E-state index in [4.69, 9.17) is 9.47 Å². The largest absolute Gasteiger partial charge is 0.380 e. The summed E-state index contributed by atoms with van der Waals surface area (Å²) in [6.45, 7) is 16.6. The van der Waals surface area contributed by atoms with Gasteiger partial charge in [0.25, 0.3) is 0 Å². The van der Waals surface area contributed by atoms with Gasteiger partial charge in [0, 0.05) is 31.8 Å². The van der Waals surface area contributed by atoms with Crippen molar-refractivity contribution in [3.8, 4) is 0 Å². The molecule has 4 nitrogen and oxygen atoms in total. The highest BCUT2D eigenvalue weighted by atomic mass is 16.5. The number of nitrogens with one attached hydrogen (secondary N) is 1. The van der Waals surface area contributed by atoms with Crippen LogP contribution in [-0.2, 0) is 9.47 Å². The molecular formula is C16H34N2O2. The summed E-state index contributed by atoms with van der Waals surface area (Å²) >= 11 is 0. The number of nitrogens with zero attached hydrogens (tertiary/aromatic N) is 1. The summed E-state index contributed by atoms with van der Waals surface area (Å²) in [6.07, 6.45) is 3.13. The van der Waals surface area contributed by atoms with Crippen molar-refractivity contribution in [1.82, 2.24) is 10.2 Å². The first-order valence-electron chi connectivity index (χ1n) is 8.15. The maximum atomic E-state index is 6.15. The third-order valence-corrected chi connectivity index (χ3v) is 3.72. The first kappa shape index (κ1) is 17.9. The number of hydrogen-bond donors (Lipinski definition) is 1. The van der Waals surface area contributed by atoms with Crippen molar-refractivity contribution in [2.45, 2.75) is 65.2 Å². The van der Waals surface area contributed by atoms with Crippen LogP contribution in [0.15, 0.2) is 0 Å². The molecule has 0 aromatic carbocycles. The highest BCUT2D eigenvalue weighted by Gasteiger charge is 2.27. The van der Waals surface area contributed by atoms with E-state index in [0.717, 1.165) is 39.4 Å². The Kier molecular flexibility index (Phi) is 8.03. The Labute approximate surface area is 125 Å². The van der Waals surface area contributed by atoms with Gasteiger partial charge in [-0.2, -0.15) is 0 Å². The van der Waals surface area contributed by atoms with Gasteiger partial charge in [-0.25, -0.2) is 0 Å². The summed E-state index contributed by atoms with van der Waals surface area (Å²) in [5, 5.41) is 3.53. The van der Waals surface area contributed by atoms with Gasteiger partial charge in [-0.1, -0.05) is 6.92 Å². The molecule has 2 atom stereocenters. The molecule has 0 spiro atoms. The van der Waals surface area contributed by atoms with Gasteiger partial charge < -0.3 is 14.8 Å². The lowest BCUT2D eigenvalue weighted by atomic mass is 10.1. The fourth-order valence-corrected chi connectivity index (χ4v) is 2.49. The normalized spacial score (nSPS) is 23.7. The van der Waals surface area contributed by atoms with Crippen molar-refractivity contribution in [3.05, 3.63) is 0 Å². The molecule has 120 valence electrons. The molecule has 0 aromatic rings. The number of rotatable bonds is 9. The second-order valence-electron chi connectivity index (χ2n) is 6.68. The Bertz CT molecular complexity index is 253. The van der Waals surface area contributed by atoms with Crippen molar-refractivity contribution < 1.29 is 9.47 Å². The topological polar surface area (TPSA) is 33.7 Å². The van der Waals surface area contributed by atoms with Crippen LogP contribution >= 0.6 is 0 Å². The van der Waals surface area contributed by atoms with Crippen LogP contribution in [0.3, 0.4) is 0 Å². The Morgan fingerprint density at radius 3 is 2.50 bits per heavy atom. The molecular weight excluding hydrogens is 252 g/mol. The SMILES string of the molecule is CCOCCN(CC)CC1CCC(CNC(C)(C)C)O1. The van der Waals surface area contributed by atoms with E-state index in [1.807, 2.05) is 6.92 Å². The van der Waals surface area contributed by atoms with E-state index in [0.29, 0.717) is 12.2 Å². The van der Waals surface area contributed by atoms with E-state index in [1.54, 1.807) is 0 Å². The Morgan fingerprint density at radius 1 is 1.20 bits per heavy atom. The predicted octanol–water partition coefficient (Wildman–Crippen LogP) is 2.28. The molecule has 0 aromatic heterocycles. The van der Waals surface area contributed by atoms with Gasteiger partial charge in [-0.15, -0.1) is 0 Å². The van der Waals surface area contributed by atoms with Crippen LogP contribution in [0, 0.1) is 0 Å². The standard InChI is InChI=1S/C16H34N2O2/c1-6-18(10-11-19-7-2)13-15-9-8-14(20-15)12-17-16(3,4)5/h14-15,17H,6-13H2,1-5H3. The summed E-state index contributed by atoms with van der Waals surface area (Å²) < 4.78 is 11.6. The van der Waals surface area contributed by atoms with Crippen molar-refractivity contribution in [2.24, 2.45) is 0 Å². The lowest BCUT2D eigenvalue weighted by molar-refractivity contribution is 0.0158. The molecule has 0 radical (unpaired) electrons. The summed E-state index contributed by atoms with van der Waals surface area (Å²) in [5.41, 5.74) is 0.175. The Hall–Kier alpha value is -0.160. The molecule has 1 aliphatic heterocycles. The van der Waals surface area contributed by atoms with Gasteiger partial charge in [0.15, 0.2) is 0 Å². The van der Waals surface area contributed by atoms with Gasteiger partial charge in [0.2, 0.25) is 0 Å². The summed E-state index contributed by atoms with van der Waals surface area (Å²) in [7, 11) is 0. The molecule has 0 saturated carbocycles. The van der Waals surface area contributed by atoms with Crippen LogP contribution in [-0.4, -0.2) is 62.0 Å². The fourth-order valence-electron chi connectivity index (χ4n) is 2.49. The molecule has 2 unspecified atom stereocenters. The first-order valence-corrected chi connectivity index (χ1v) is 8.15. The highest BCUT2D eigenvalue weighted by Crippen LogP contribution is 2.20. The lowest BCUT2D eigenvalue weighted by Gasteiger charge is -2.25. The molecule has 4 heteroatoms. The second-order valence-corrected chi connectivity index (χ2v) is 6.68. The van der Waals surface area contributed by atoms with Crippen LogP contribution in [0.4, 0.5) is 0 Å². The molecule has 1 saturated heterocycles. The summed E-state index contributed by atoms with van der Waals surface area (Å²) in [4.78, 5) is 2.43. The van der Waals surface area contributed by atoms with Crippen LogP contribution in [0.5, 0.6) is 0 Å². The van der Waals surface area contributed by atoms with Crippen molar-refractivity contribution in [1.29, 1.82) is 0 Å². The van der Waals surface area contributed by atoms with Gasteiger partial charge in [0.05, 0.1) is 18.8 Å². The minimum atomic E-state index is 0.175. The minimum Gasteiger partial charge on any atom is -0.380 e. The second kappa shape index (κ2) is 8.98. The molecule has 1 aliphatic rings. The summed E-state index contributed by atoms with van der Waals surface area (Å²) in [5.74, 6) is 0. The Balaban J connectivity index is 2.21. The summed E-state index contributed by atoms with van der Waals surface area (Å²) in [6, 6.07) is 0. The quantitative estimate of drug-likeness (QED) is 0.659. The van der Waals surface area contributed by atoms with Gasteiger partial charge in [0.1, 0.15) is 0 Å². The zero-order valence-electron chi connectivity index (χ0n) is 14.1. The first-order chi connectivity index (χ1) is 9.44. The van der Waals surface area contributed by atoms with Gasteiger partial charge in [-0.3, -0.25) is 4.90 Å². The monoisotopic (exact) mass is 286 g/mol. The smallest absolute Gasteiger partial charge is 0.0707 e. The van der Waals surface area contributed by atoms with Gasteiger partial charge >= 0.3 is 0 Å². The number of likely N-dealkylation sites (N-methyl/N-ethyl adjacent to an activating group) is 1. The zero-order chi connectivity index (χ0) is 15.0. The molecule has 1 N–H and O–H groups in total. The maximum Gasteiger partial charge on any atom is 0.0707 e. The molecule has 1 fully saturated rings. The zero-order valence-corrected chi connectivity index (χ0v) is 14.1. The van der Waals surface area contributed by atoms with Crippen LogP contribution in [0.1, 0.15) is 47.5 Å². The fraction of sp³-hybridized carbons (Fsp3) is 1.00. The van der Waals surface area contributed by atoms with Gasteiger partial charge in [-0.05, 0) is 47.1 Å². The maximum absolute atomic E-state index is 6.15. The number of hydrogen-bond acceptors (Lipinski definition) is 4. The minimum absolute atomic E-state index is 0.175. The molecule has 1 heterocycles. The average Bonchev–Trinajstić information content (AvgIpc) is 2.82. The molecule has 20 heavy (non-hydrogen) atoms. The Morgan fingerprint density at radius 2 is 1.90 bits per heavy atom. The lowest BCUT2D eigenvalue weighted by Crippen LogP contribution is -2.41. The molecule has 0 bridgehead atoms. The van der Waals surface area contributed by atoms with E-state index in [2.05, 4.69) is 37.9 Å². The number of ether oxygens (including phenoxy) is 2. The van der Waals surface area contributed by atoms with Crippen LogP contribution in [0.2, 0.25) is 0 Å². The third kappa shape index (κ3) is 7.58. The van der Waals surface area contributed by atoms with Crippen molar-refractivity contribution in [3.63, 3.8) is 0 Å². The van der Waals surface area contributed by atoms with Crippen molar-refractivity contribution in [2.75, 3.05) is 39.4 Å².